The van der Waals surface area contributed by atoms with Crippen LogP contribution < -0.4 is 10.6 Å². The van der Waals surface area contributed by atoms with E-state index < -0.39 is 0 Å². The molecule has 1 amide bonds. The normalized spacial score (nSPS) is 15.0. The number of nitrogens with one attached hydrogen (secondary N) is 2. The fraction of sp³-hybridized carbons (Fsp3) is 0.458. The minimum Gasteiger partial charge on any atom is -0.357 e. The van der Waals surface area contributed by atoms with E-state index >= 15 is 0 Å². The largest absolute Gasteiger partial charge is 0.357 e. The van der Waals surface area contributed by atoms with Gasteiger partial charge in [0.2, 0.25) is 5.91 Å². The predicted octanol–water partition coefficient (Wildman–Crippen LogP) is 3.60. The van der Waals surface area contributed by atoms with E-state index in [9.17, 15) is 4.79 Å². The summed E-state index contributed by atoms with van der Waals surface area (Å²) in [4.78, 5) is 23.3. The first-order valence-electron chi connectivity index (χ1n) is 11.1. The summed E-state index contributed by atoms with van der Waals surface area (Å²) in [5, 5.41) is 6.70. The van der Waals surface area contributed by atoms with Crippen LogP contribution in [-0.2, 0) is 11.3 Å². The van der Waals surface area contributed by atoms with Gasteiger partial charge in [-0.05, 0) is 49.9 Å². The molecule has 2 aromatic rings. The van der Waals surface area contributed by atoms with E-state index in [1.165, 1.54) is 6.42 Å². The van der Waals surface area contributed by atoms with Crippen molar-refractivity contribution in [2.24, 2.45) is 4.99 Å². The van der Waals surface area contributed by atoms with Gasteiger partial charge >= 0.3 is 0 Å². The molecule has 0 bridgehead atoms. The Morgan fingerprint density at radius 2 is 2.07 bits per heavy atom. The summed E-state index contributed by atoms with van der Waals surface area (Å²) in [6.07, 6.45) is 6.76. The van der Waals surface area contributed by atoms with Crippen LogP contribution in [0, 0.1) is 0 Å². The van der Waals surface area contributed by atoms with Gasteiger partial charge in [-0.25, -0.2) is 4.99 Å². The first-order valence-corrected chi connectivity index (χ1v) is 11.1. The number of nitrogens with zero attached hydrogens (tertiary/aromatic N) is 3. The molecular formula is C24H33N5O. The van der Waals surface area contributed by atoms with Crippen LogP contribution in [0.4, 0.5) is 0 Å². The van der Waals surface area contributed by atoms with Gasteiger partial charge < -0.3 is 15.5 Å². The fourth-order valence-electron chi connectivity index (χ4n) is 3.63. The summed E-state index contributed by atoms with van der Waals surface area (Å²) in [5.41, 5.74) is 3.21. The van der Waals surface area contributed by atoms with Gasteiger partial charge in [-0.15, -0.1) is 0 Å². The minimum atomic E-state index is 0.306. The highest BCUT2D eigenvalue weighted by Crippen LogP contribution is 2.18. The van der Waals surface area contributed by atoms with Crippen molar-refractivity contribution in [3.05, 3.63) is 54.2 Å². The van der Waals surface area contributed by atoms with E-state index in [4.69, 9.17) is 4.99 Å². The molecule has 0 atom stereocenters. The van der Waals surface area contributed by atoms with Crippen LogP contribution in [0.1, 0.15) is 44.6 Å². The summed E-state index contributed by atoms with van der Waals surface area (Å²) in [5.74, 6) is 1.11. The fourth-order valence-corrected chi connectivity index (χ4v) is 3.63. The summed E-state index contributed by atoms with van der Waals surface area (Å²) in [6.45, 7) is 5.99. The number of benzene rings is 1. The number of likely N-dealkylation sites (tertiary alicyclic amines) is 1. The highest BCUT2D eigenvalue weighted by molar-refractivity contribution is 5.79. The van der Waals surface area contributed by atoms with E-state index in [2.05, 4.69) is 40.7 Å². The zero-order chi connectivity index (χ0) is 21.0. The first-order chi connectivity index (χ1) is 14.8. The third-order valence-corrected chi connectivity index (χ3v) is 5.22. The van der Waals surface area contributed by atoms with Gasteiger partial charge in [0, 0.05) is 44.4 Å². The molecule has 0 unspecified atom stereocenters. The molecule has 6 heteroatoms. The molecule has 0 spiro atoms. The SMILES string of the molecule is CCNC(=NCc1cccc(-c2ccccn2)c1)NCCCN1CCCCCC1=O. The number of guanidine groups is 1. The number of carbonyl (C=O) groups is 1. The standard InChI is InChI=1S/C24H33N5O/c1-2-25-24(27-15-9-17-29-16-7-3-4-13-23(29)30)28-19-20-10-8-11-21(18-20)22-12-5-6-14-26-22/h5-6,8,10-12,14,18H,2-4,7,9,13,15-17,19H2,1H3,(H2,25,27,28). The zero-order valence-electron chi connectivity index (χ0n) is 17.9. The zero-order valence-corrected chi connectivity index (χ0v) is 17.9. The second-order valence-corrected chi connectivity index (χ2v) is 7.58. The smallest absolute Gasteiger partial charge is 0.222 e. The third-order valence-electron chi connectivity index (χ3n) is 5.22. The average Bonchev–Trinajstić information content (AvgIpc) is 2.99. The van der Waals surface area contributed by atoms with Crippen LogP contribution >= 0.6 is 0 Å². The number of aromatic nitrogens is 1. The molecule has 1 aromatic heterocycles. The number of hydrogen-bond donors (Lipinski definition) is 2. The van der Waals surface area contributed by atoms with Crippen molar-refractivity contribution < 1.29 is 4.79 Å². The summed E-state index contributed by atoms with van der Waals surface area (Å²) >= 11 is 0. The Labute approximate surface area is 179 Å². The molecule has 1 aliphatic heterocycles. The Balaban J connectivity index is 1.51. The topological polar surface area (TPSA) is 69.6 Å². The molecule has 160 valence electrons. The quantitative estimate of drug-likeness (QED) is 0.399. The van der Waals surface area contributed by atoms with Crippen molar-refractivity contribution in [2.75, 3.05) is 26.2 Å². The van der Waals surface area contributed by atoms with Gasteiger partial charge in [0.05, 0.1) is 12.2 Å². The van der Waals surface area contributed by atoms with E-state index in [0.29, 0.717) is 18.9 Å². The van der Waals surface area contributed by atoms with Crippen molar-refractivity contribution in [2.45, 2.75) is 45.6 Å². The van der Waals surface area contributed by atoms with E-state index in [1.807, 2.05) is 35.4 Å². The van der Waals surface area contributed by atoms with Gasteiger partial charge in [-0.1, -0.05) is 30.7 Å². The lowest BCUT2D eigenvalue weighted by Crippen LogP contribution is -2.39. The maximum Gasteiger partial charge on any atom is 0.222 e. The Kier molecular flexibility index (Phi) is 8.69. The van der Waals surface area contributed by atoms with Crippen molar-refractivity contribution in [3.8, 4) is 11.3 Å². The number of carbonyl (C=O) groups excluding carboxylic acids is 1. The van der Waals surface area contributed by atoms with Crippen LogP contribution in [0.2, 0.25) is 0 Å². The molecule has 1 fully saturated rings. The Hall–Kier alpha value is -2.89. The first kappa shape index (κ1) is 21.8. The number of amides is 1. The predicted molar refractivity (Wildman–Crippen MR) is 122 cm³/mol. The molecule has 6 nitrogen and oxygen atoms in total. The van der Waals surface area contributed by atoms with E-state index in [1.54, 1.807) is 0 Å². The summed E-state index contributed by atoms with van der Waals surface area (Å²) < 4.78 is 0. The second kappa shape index (κ2) is 12.0. The van der Waals surface area contributed by atoms with Crippen molar-refractivity contribution in [1.82, 2.24) is 20.5 Å². The molecule has 0 radical (unpaired) electrons. The van der Waals surface area contributed by atoms with Crippen LogP contribution in [0.5, 0.6) is 0 Å². The molecule has 30 heavy (non-hydrogen) atoms. The molecule has 1 aromatic carbocycles. The van der Waals surface area contributed by atoms with E-state index in [0.717, 1.165) is 68.2 Å². The van der Waals surface area contributed by atoms with E-state index in [-0.39, 0.29) is 0 Å². The summed E-state index contributed by atoms with van der Waals surface area (Å²) in [7, 11) is 0. The van der Waals surface area contributed by atoms with Gasteiger partial charge in [0.1, 0.15) is 0 Å². The average molecular weight is 408 g/mol. The Bertz CT molecular complexity index is 821. The third kappa shape index (κ3) is 6.87. The van der Waals surface area contributed by atoms with Crippen molar-refractivity contribution in [1.29, 1.82) is 0 Å². The second-order valence-electron chi connectivity index (χ2n) is 7.58. The van der Waals surface area contributed by atoms with Gasteiger partial charge in [0.25, 0.3) is 0 Å². The lowest BCUT2D eigenvalue weighted by atomic mass is 10.1. The highest BCUT2D eigenvalue weighted by atomic mass is 16.2. The molecule has 2 heterocycles. The highest BCUT2D eigenvalue weighted by Gasteiger charge is 2.15. The van der Waals surface area contributed by atoms with Gasteiger partial charge in [0.15, 0.2) is 5.96 Å². The number of pyridine rings is 1. The van der Waals surface area contributed by atoms with Crippen molar-refractivity contribution in [3.63, 3.8) is 0 Å². The van der Waals surface area contributed by atoms with Crippen LogP contribution in [-0.4, -0.2) is 47.9 Å². The van der Waals surface area contributed by atoms with Crippen LogP contribution in [0.3, 0.4) is 0 Å². The lowest BCUT2D eigenvalue weighted by Gasteiger charge is -2.20. The maximum absolute atomic E-state index is 12.1. The monoisotopic (exact) mass is 407 g/mol. The molecule has 3 rings (SSSR count). The molecule has 0 aliphatic carbocycles. The number of hydrogen-bond acceptors (Lipinski definition) is 3. The van der Waals surface area contributed by atoms with Gasteiger partial charge in [-0.3, -0.25) is 9.78 Å². The molecule has 2 N–H and O–H groups in total. The van der Waals surface area contributed by atoms with Gasteiger partial charge in [-0.2, -0.15) is 0 Å². The Morgan fingerprint density at radius 1 is 1.13 bits per heavy atom. The molecule has 1 saturated heterocycles. The molecular weight excluding hydrogens is 374 g/mol. The number of aliphatic imine (C=N–C) groups is 1. The maximum atomic E-state index is 12.1. The number of rotatable bonds is 8. The lowest BCUT2D eigenvalue weighted by molar-refractivity contribution is -0.130. The van der Waals surface area contributed by atoms with Crippen LogP contribution in [0.25, 0.3) is 11.3 Å². The minimum absolute atomic E-state index is 0.306. The molecule has 1 aliphatic rings. The molecule has 0 saturated carbocycles. The summed E-state index contributed by atoms with van der Waals surface area (Å²) in [6, 6.07) is 14.3. The Morgan fingerprint density at radius 3 is 2.90 bits per heavy atom. The van der Waals surface area contributed by atoms with Crippen LogP contribution in [0.15, 0.2) is 53.7 Å². The van der Waals surface area contributed by atoms with Crippen molar-refractivity contribution >= 4 is 11.9 Å².